The number of nitrogens with zero attached hydrogens (tertiary/aromatic N) is 1. The quantitative estimate of drug-likeness (QED) is 0.467. The molecule has 120 valence electrons. The maximum absolute atomic E-state index is 12.0. The van der Waals surface area contributed by atoms with Crippen LogP contribution in [0.25, 0.3) is 0 Å². The molecule has 0 atom stereocenters. The lowest BCUT2D eigenvalue weighted by atomic mass is 10.0. The van der Waals surface area contributed by atoms with Crippen LogP contribution in [-0.4, -0.2) is 17.3 Å². The molecular formula is C18H20N2O3. The average molecular weight is 312 g/mol. The SMILES string of the molecule is CC(C)c1ccc(NCCC(=O)c2ccc([N+](=O)[O-])cc2)cc1. The van der Waals surface area contributed by atoms with Crippen LogP contribution >= 0.6 is 0 Å². The second kappa shape index (κ2) is 7.54. The monoisotopic (exact) mass is 312 g/mol. The second-order valence-electron chi connectivity index (χ2n) is 5.68. The zero-order valence-electron chi connectivity index (χ0n) is 13.3. The Balaban J connectivity index is 1.85. The number of nitro groups is 1. The fourth-order valence-electron chi connectivity index (χ4n) is 2.22. The van der Waals surface area contributed by atoms with Gasteiger partial charge in [0.1, 0.15) is 0 Å². The van der Waals surface area contributed by atoms with Crippen LogP contribution in [0.1, 0.15) is 42.1 Å². The van der Waals surface area contributed by atoms with Gasteiger partial charge < -0.3 is 5.32 Å². The molecule has 0 heterocycles. The van der Waals surface area contributed by atoms with E-state index in [9.17, 15) is 14.9 Å². The lowest BCUT2D eigenvalue weighted by Crippen LogP contribution is -2.09. The Bertz CT molecular complexity index is 676. The third-order valence-corrected chi connectivity index (χ3v) is 3.66. The maximum atomic E-state index is 12.0. The highest BCUT2D eigenvalue weighted by Crippen LogP contribution is 2.17. The number of ketones is 1. The second-order valence-corrected chi connectivity index (χ2v) is 5.68. The highest BCUT2D eigenvalue weighted by molar-refractivity contribution is 5.96. The van der Waals surface area contributed by atoms with E-state index in [-0.39, 0.29) is 11.5 Å². The molecule has 2 aromatic rings. The van der Waals surface area contributed by atoms with Crippen molar-refractivity contribution in [3.05, 3.63) is 69.8 Å². The summed E-state index contributed by atoms with van der Waals surface area (Å²) in [6.07, 6.45) is 0.337. The summed E-state index contributed by atoms with van der Waals surface area (Å²) in [7, 11) is 0. The summed E-state index contributed by atoms with van der Waals surface area (Å²) in [4.78, 5) is 22.2. The summed E-state index contributed by atoms with van der Waals surface area (Å²) in [6, 6.07) is 13.9. The summed E-state index contributed by atoms with van der Waals surface area (Å²) in [5.74, 6) is 0.457. The lowest BCUT2D eigenvalue weighted by Gasteiger charge is -2.09. The van der Waals surface area contributed by atoms with E-state index in [1.807, 2.05) is 12.1 Å². The summed E-state index contributed by atoms with van der Waals surface area (Å²) in [6.45, 7) is 4.81. The van der Waals surface area contributed by atoms with Crippen LogP contribution in [0.4, 0.5) is 11.4 Å². The molecule has 0 amide bonds. The molecule has 0 fully saturated rings. The zero-order chi connectivity index (χ0) is 16.8. The van der Waals surface area contributed by atoms with E-state index < -0.39 is 4.92 Å². The van der Waals surface area contributed by atoms with Gasteiger partial charge in [-0.1, -0.05) is 26.0 Å². The van der Waals surface area contributed by atoms with Crippen LogP contribution in [0.3, 0.4) is 0 Å². The minimum absolute atomic E-state index is 0.00934. The third kappa shape index (κ3) is 4.64. The van der Waals surface area contributed by atoms with E-state index in [0.717, 1.165) is 5.69 Å². The van der Waals surface area contributed by atoms with Gasteiger partial charge >= 0.3 is 0 Å². The molecule has 0 radical (unpaired) electrons. The number of hydrogen-bond donors (Lipinski definition) is 1. The summed E-state index contributed by atoms with van der Waals surface area (Å²) in [5.41, 5.74) is 2.74. The predicted molar refractivity (Wildman–Crippen MR) is 91.1 cm³/mol. The van der Waals surface area contributed by atoms with Crippen LogP contribution in [0.15, 0.2) is 48.5 Å². The number of nitro benzene ring substituents is 1. The molecular weight excluding hydrogens is 292 g/mol. The molecule has 0 spiro atoms. The average Bonchev–Trinajstić information content (AvgIpc) is 2.55. The van der Waals surface area contributed by atoms with Gasteiger partial charge in [0.25, 0.3) is 5.69 Å². The largest absolute Gasteiger partial charge is 0.385 e. The minimum Gasteiger partial charge on any atom is -0.385 e. The summed E-state index contributed by atoms with van der Waals surface area (Å²) < 4.78 is 0. The molecule has 0 aliphatic heterocycles. The van der Waals surface area contributed by atoms with Crippen LogP contribution in [0.5, 0.6) is 0 Å². The van der Waals surface area contributed by atoms with Crippen molar-refractivity contribution < 1.29 is 9.72 Å². The van der Waals surface area contributed by atoms with Crippen molar-refractivity contribution in [2.24, 2.45) is 0 Å². The van der Waals surface area contributed by atoms with Gasteiger partial charge in [-0.15, -0.1) is 0 Å². The normalized spacial score (nSPS) is 10.6. The number of carbonyl (C=O) groups excluding carboxylic acids is 1. The van der Waals surface area contributed by atoms with Crippen LogP contribution in [0.2, 0.25) is 0 Å². The van der Waals surface area contributed by atoms with Crippen molar-refractivity contribution in [3.63, 3.8) is 0 Å². The first-order valence-electron chi connectivity index (χ1n) is 7.59. The number of carbonyl (C=O) groups is 1. The molecule has 1 N–H and O–H groups in total. The Labute approximate surface area is 135 Å². The Morgan fingerprint density at radius 3 is 2.22 bits per heavy atom. The highest BCUT2D eigenvalue weighted by atomic mass is 16.6. The van der Waals surface area contributed by atoms with E-state index >= 15 is 0 Å². The Kier molecular flexibility index (Phi) is 5.46. The standard InChI is InChI=1S/C18H20N2O3/c1-13(2)14-3-7-16(8-4-14)19-12-11-18(21)15-5-9-17(10-6-15)20(22)23/h3-10,13,19H,11-12H2,1-2H3. The molecule has 0 saturated heterocycles. The molecule has 0 unspecified atom stereocenters. The number of anilines is 1. The molecule has 0 aromatic heterocycles. The van der Waals surface area contributed by atoms with Gasteiger partial charge in [-0.3, -0.25) is 14.9 Å². The Morgan fingerprint density at radius 2 is 1.70 bits per heavy atom. The van der Waals surface area contributed by atoms with Gasteiger partial charge in [0.15, 0.2) is 5.78 Å². The van der Waals surface area contributed by atoms with Crippen LogP contribution < -0.4 is 5.32 Å². The Hall–Kier alpha value is -2.69. The molecule has 0 saturated carbocycles. The fraction of sp³-hybridized carbons (Fsp3) is 0.278. The number of Topliss-reactive ketones (excluding diaryl/α,β-unsaturated/α-hetero) is 1. The Morgan fingerprint density at radius 1 is 1.09 bits per heavy atom. The third-order valence-electron chi connectivity index (χ3n) is 3.66. The number of hydrogen-bond acceptors (Lipinski definition) is 4. The molecule has 0 aliphatic carbocycles. The van der Waals surface area contributed by atoms with Crippen molar-refractivity contribution in [1.82, 2.24) is 0 Å². The first kappa shape index (κ1) is 16.7. The van der Waals surface area contributed by atoms with E-state index in [0.29, 0.717) is 24.4 Å². The van der Waals surface area contributed by atoms with Crippen molar-refractivity contribution in [2.75, 3.05) is 11.9 Å². The van der Waals surface area contributed by atoms with Crippen molar-refractivity contribution in [1.29, 1.82) is 0 Å². The molecule has 2 rings (SSSR count). The van der Waals surface area contributed by atoms with E-state index in [4.69, 9.17) is 0 Å². The van der Waals surface area contributed by atoms with Crippen LogP contribution in [0, 0.1) is 10.1 Å². The smallest absolute Gasteiger partial charge is 0.269 e. The molecule has 23 heavy (non-hydrogen) atoms. The first-order chi connectivity index (χ1) is 11.0. The van der Waals surface area contributed by atoms with Gasteiger partial charge in [0.2, 0.25) is 0 Å². The van der Waals surface area contributed by atoms with E-state index in [2.05, 4.69) is 31.3 Å². The molecule has 2 aromatic carbocycles. The van der Waals surface area contributed by atoms with Gasteiger partial charge in [-0.2, -0.15) is 0 Å². The molecule has 5 nitrogen and oxygen atoms in total. The summed E-state index contributed by atoms with van der Waals surface area (Å²) >= 11 is 0. The van der Waals surface area contributed by atoms with Gasteiger partial charge in [0.05, 0.1) is 4.92 Å². The minimum atomic E-state index is -0.476. The van der Waals surface area contributed by atoms with Crippen molar-refractivity contribution in [3.8, 4) is 0 Å². The number of benzene rings is 2. The topological polar surface area (TPSA) is 72.2 Å². The molecule has 0 bridgehead atoms. The van der Waals surface area contributed by atoms with Crippen molar-refractivity contribution in [2.45, 2.75) is 26.2 Å². The van der Waals surface area contributed by atoms with Crippen molar-refractivity contribution >= 4 is 17.2 Å². The highest BCUT2D eigenvalue weighted by Gasteiger charge is 2.09. The molecule has 5 heteroatoms. The summed E-state index contributed by atoms with van der Waals surface area (Å²) in [5, 5.41) is 13.8. The van der Waals surface area contributed by atoms with Crippen LogP contribution in [-0.2, 0) is 0 Å². The first-order valence-corrected chi connectivity index (χ1v) is 7.59. The fourth-order valence-corrected chi connectivity index (χ4v) is 2.22. The number of rotatable bonds is 7. The van der Waals surface area contributed by atoms with E-state index in [1.54, 1.807) is 0 Å². The van der Waals surface area contributed by atoms with Gasteiger partial charge in [-0.05, 0) is 35.7 Å². The lowest BCUT2D eigenvalue weighted by molar-refractivity contribution is -0.384. The van der Waals surface area contributed by atoms with Gasteiger partial charge in [-0.25, -0.2) is 0 Å². The maximum Gasteiger partial charge on any atom is 0.269 e. The number of non-ortho nitro benzene ring substituents is 1. The van der Waals surface area contributed by atoms with E-state index in [1.165, 1.54) is 29.8 Å². The van der Waals surface area contributed by atoms with Gasteiger partial charge in [0, 0.05) is 36.3 Å². The predicted octanol–water partition coefficient (Wildman–Crippen LogP) is 4.40. The zero-order valence-corrected chi connectivity index (χ0v) is 13.3. The molecule has 0 aliphatic rings. The number of nitrogens with one attached hydrogen (secondary N) is 1.